The van der Waals surface area contributed by atoms with Crippen LogP contribution in [0.25, 0.3) is 21.5 Å². The maximum atomic E-state index is 13.1. The molecule has 5 heteroatoms. The molecule has 0 heterocycles. The van der Waals surface area contributed by atoms with Gasteiger partial charge < -0.3 is 9.84 Å². The third-order valence-electron chi connectivity index (χ3n) is 3.17. The van der Waals surface area contributed by atoms with E-state index in [1.54, 1.807) is 6.07 Å². The molecule has 3 rings (SSSR count). The Morgan fingerprint density at radius 1 is 0.905 bits per heavy atom. The van der Waals surface area contributed by atoms with Crippen LogP contribution >= 0.6 is 0 Å². The van der Waals surface area contributed by atoms with Crippen molar-refractivity contribution in [2.45, 2.75) is 6.11 Å². The van der Waals surface area contributed by atoms with E-state index in [2.05, 4.69) is 4.74 Å². The van der Waals surface area contributed by atoms with Crippen LogP contribution in [-0.2, 0) is 4.79 Å². The third kappa shape index (κ3) is 2.50. The summed E-state index contributed by atoms with van der Waals surface area (Å²) in [6.45, 7) is 0. The molecule has 0 saturated carbocycles. The van der Waals surface area contributed by atoms with Gasteiger partial charge in [0.15, 0.2) is 0 Å². The molecule has 3 aromatic rings. The topological polar surface area (TPSA) is 46.5 Å². The van der Waals surface area contributed by atoms with Gasteiger partial charge in [0.25, 0.3) is 0 Å². The van der Waals surface area contributed by atoms with Crippen LogP contribution in [0.5, 0.6) is 5.75 Å². The Labute approximate surface area is 118 Å². The summed E-state index contributed by atoms with van der Waals surface area (Å²) in [5, 5.41) is 11.9. The second-order valence-electron chi connectivity index (χ2n) is 4.63. The molecule has 0 aliphatic heterocycles. The maximum absolute atomic E-state index is 13.1. The van der Waals surface area contributed by atoms with Crippen LogP contribution in [0.1, 0.15) is 0 Å². The van der Waals surface area contributed by atoms with E-state index < -0.39 is 12.1 Å². The standard InChI is InChI=1S/C16H10F2O3/c17-16(18,15(19)20)21-14-6-5-12-7-10-3-1-2-4-11(10)8-13(12)9-14/h1-9H,(H,19,20). The number of ether oxygens (including phenoxy) is 1. The highest BCUT2D eigenvalue weighted by Crippen LogP contribution is 2.28. The Kier molecular flexibility index (Phi) is 2.97. The normalized spacial score (nSPS) is 11.7. The second-order valence-corrected chi connectivity index (χ2v) is 4.63. The quantitative estimate of drug-likeness (QED) is 0.740. The molecule has 0 aliphatic rings. The molecule has 0 unspecified atom stereocenters. The van der Waals surface area contributed by atoms with Gasteiger partial charge in [-0.05, 0) is 45.8 Å². The van der Waals surface area contributed by atoms with Crippen molar-refractivity contribution in [1.82, 2.24) is 0 Å². The molecule has 21 heavy (non-hydrogen) atoms. The number of hydrogen-bond donors (Lipinski definition) is 1. The minimum atomic E-state index is -4.25. The first-order valence-corrected chi connectivity index (χ1v) is 6.18. The molecular weight excluding hydrogens is 278 g/mol. The van der Waals surface area contributed by atoms with Crippen molar-refractivity contribution in [1.29, 1.82) is 0 Å². The van der Waals surface area contributed by atoms with Gasteiger partial charge in [-0.3, -0.25) is 0 Å². The number of carboxylic acids is 1. The molecule has 3 aromatic carbocycles. The van der Waals surface area contributed by atoms with E-state index in [4.69, 9.17) is 5.11 Å². The number of carbonyl (C=O) groups is 1. The first-order chi connectivity index (χ1) is 9.95. The van der Waals surface area contributed by atoms with Crippen LogP contribution in [0, 0.1) is 0 Å². The predicted molar refractivity (Wildman–Crippen MR) is 74.7 cm³/mol. The molecule has 0 aromatic heterocycles. The van der Waals surface area contributed by atoms with Gasteiger partial charge in [-0.15, -0.1) is 0 Å². The van der Waals surface area contributed by atoms with Crippen molar-refractivity contribution >= 4 is 27.5 Å². The van der Waals surface area contributed by atoms with Gasteiger partial charge in [0.2, 0.25) is 0 Å². The molecule has 0 aliphatic carbocycles. The Balaban J connectivity index is 2.07. The lowest BCUT2D eigenvalue weighted by molar-refractivity contribution is -0.210. The van der Waals surface area contributed by atoms with E-state index in [1.165, 1.54) is 12.1 Å². The lowest BCUT2D eigenvalue weighted by Gasteiger charge is -2.13. The van der Waals surface area contributed by atoms with Crippen molar-refractivity contribution in [3.05, 3.63) is 54.6 Å². The average Bonchev–Trinajstić information content (AvgIpc) is 2.44. The number of alkyl halides is 2. The predicted octanol–water partition coefficient (Wildman–Crippen LogP) is 4.05. The third-order valence-corrected chi connectivity index (χ3v) is 3.17. The summed E-state index contributed by atoms with van der Waals surface area (Å²) in [4.78, 5) is 10.4. The number of halogens is 2. The number of carboxylic acid groups (broad SMARTS) is 1. The number of aliphatic carboxylic acids is 1. The highest BCUT2D eigenvalue weighted by molar-refractivity contribution is 5.98. The van der Waals surface area contributed by atoms with Crippen molar-refractivity contribution in [3.8, 4) is 5.75 Å². The Morgan fingerprint density at radius 3 is 2.10 bits per heavy atom. The van der Waals surface area contributed by atoms with Gasteiger partial charge in [0, 0.05) is 0 Å². The summed E-state index contributed by atoms with van der Waals surface area (Å²) in [5.74, 6) is -2.51. The largest absolute Gasteiger partial charge is 0.501 e. The summed E-state index contributed by atoms with van der Waals surface area (Å²) >= 11 is 0. The number of rotatable bonds is 3. The highest BCUT2D eigenvalue weighted by Gasteiger charge is 2.42. The van der Waals surface area contributed by atoms with Crippen LogP contribution in [0.4, 0.5) is 8.78 Å². The first kappa shape index (κ1) is 13.3. The zero-order valence-electron chi connectivity index (χ0n) is 10.7. The molecule has 0 spiro atoms. The summed E-state index contributed by atoms with van der Waals surface area (Å²) in [6, 6.07) is 15.8. The molecule has 0 atom stereocenters. The minimum Gasteiger partial charge on any atom is -0.474 e. The van der Waals surface area contributed by atoms with Gasteiger partial charge in [-0.25, -0.2) is 4.79 Å². The van der Waals surface area contributed by atoms with Crippen LogP contribution in [0.15, 0.2) is 54.6 Å². The van der Waals surface area contributed by atoms with E-state index in [-0.39, 0.29) is 5.75 Å². The summed E-state index contributed by atoms with van der Waals surface area (Å²) in [5.41, 5.74) is 0. The fraction of sp³-hybridized carbons (Fsp3) is 0.0625. The molecule has 0 saturated heterocycles. The Morgan fingerprint density at radius 2 is 1.48 bits per heavy atom. The lowest BCUT2D eigenvalue weighted by Crippen LogP contribution is -2.34. The molecule has 0 fully saturated rings. The zero-order valence-corrected chi connectivity index (χ0v) is 10.7. The highest BCUT2D eigenvalue weighted by atomic mass is 19.3. The van der Waals surface area contributed by atoms with E-state index in [1.807, 2.05) is 36.4 Å². The first-order valence-electron chi connectivity index (χ1n) is 6.18. The van der Waals surface area contributed by atoms with Crippen LogP contribution in [0.3, 0.4) is 0 Å². The van der Waals surface area contributed by atoms with Crippen molar-refractivity contribution in [2.24, 2.45) is 0 Å². The molecule has 0 radical (unpaired) electrons. The van der Waals surface area contributed by atoms with Crippen LogP contribution in [0.2, 0.25) is 0 Å². The van der Waals surface area contributed by atoms with E-state index in [0.717, 1.165) is 16.2 Å². The van der Waals surface area contributed by atoms with Gasteiger partial charge in [-0.1, -0.05) is 30.3 Å². The number of fused-ring (bicyclic) bond motifs is 2. The fourth-order valence-corrected chi connectivity index (χ4v) is 2.17. The lowest BCUT2D eigenvalue weighted by atomic mass is 10.0. The SMILES string of the molecule is O=C(O)C(F)(F)Oc1ccc2cc3ccccc3cc2c1. The summed E-state index contributed by atoms with van der Waals surface area (Å²) in [7, 11) is 0. The molecule has 106 valence electrons. The number of benzene rings is 3. The smallest absolute Gasteiger partial charge is 0.474 e. The van der Waals surface area contributed by atoms with Crippen LogP contribution < -0.4 is 4.74 Å². The molecule has 3 nitrogen and oxygen atoms in total. The zero-order chi connectivity index (χ0) is 15.0. The average molecular weight is 288 g/mol. The molecule has 1 N–H and O–H groups in total. The van der Waals surface area contributed by atoms with Crippen LogP contribution in [-0.4, -0.2) is 17.2 Å². The van der Waals surface area contributed by atoms with Gasteiger partial charge in [0.05, 0.1) is 0 Å². The van der Waals surface area contributed by atoms with E-state index >= 15 is 0 Å². The molecule has 0 amide bonds. The summed E-state index contributed by atoms with van der Waals surface area (Å²) in [6.07, 6.45) is -4.25. The van der Waals surface area contributed by atoms with Crippen molar-refractivity contribution in [2.75, 3.05) is 0 Å². The monoisotopic (exact) mass is 288 g/mol. The van der Waals surface area contributed by atoms with Crippen molar-refractivity contribution in [3.63, 3.8) is 0 Å². The van der Waals surface area contributed by atoms with E-state index in [0.29, 0.717) is 5.39 Å². The Bertz CT molecular complexity index is 843. The second kappa shape index (κ2) is 4.70. The van der Waals surface area contributed by atoms with E-state index in [9.17, 15) is 13.6 Å². The Hall–Kier alpha value is -2.69. The van der Waals surface area contributed by atoms with Crippen molar-refractivity contribution < 1.29 is 23.4 Å². The number of hydrogen-bond acceptors (Lipinski definition) is 2. The molecule has 0 bridgehead atoms. The van der Waals surface area contributed by atoms with Gasteiger partial charge in [-0.2, -0.15) is 8.78 Å². The molecular formula is C16H10F2O3. The summed E-state index contributed by atoms with van der Waals surface area (Å²) < 4.78 is 30.4. The minimum absolute atomic E-state index is 0.190. The fourth-order valence-electron chi connectivity index (χ4n) is 2.17. The van der Waals surface area contributed by atoms with Gasteiger partial charge >= 0.3 is 12.1 Å². The maximum Gasteiger partial charge on any atom is 0.501 e. The van der Waals surface area contributed by atoms with Gasteiger partial charge in [0.1, 0.15) is 5.75 Å².